The first kappa shape index (κ1) is 27.9. The lowest BCUT2D eigenvalue weighted by Crippen LogP contribution is -2.57. The van der Waals surface area contributed by atoms with Crippen molar-refractivity contribution in [2.24, 2.45) is 0 Å². The lowest BCUT2D eigenvalue weighted by atomic mass is 10.0. The summed E-state index contributed by atoms with van der Waals surface area (Å²) in [4.78, 5) is 27.5. The van der Waals surface area contributed by atoms with E-state index in [4.69, 9.17) is 14.2 Å². The second kappa shape index (κ2) is 12.1. The van der Waals surface area contributed by atoms with Gasteiger partial charge in [0.05, 0.1) is 32.1 Å². The number of aryl methyl sites for hydroxylation is 1. The van der Waals surface area contributed by atoms with Gasteiger partial charge in [-0.3, -0.25) is 9.59 Å². The summed E-state index contributed by atoms with van der Waals surface area (Å²) in [7, 11) is -0.323. The molecule has 10 nitrogen and oxygen atoms in total. The van der Waals surface area contributed by atoms with Crippen molar-refractivity contribution >= 4 is 21.8 Å². The summed E-state index contributed by atoms with van der Waals surface area (Å²) in [6, 6.07) is 12.9. The third kappa shape index (κ3) is 7.24. The predicted molar refractivity (Wildman–Crippen MR) is 142 cm³/mol. The lowest BCUT2D eigenvalue weighted by molar-refractivity contribution is -0.137. The number of benzene rings is 2. The summed E-state index contributed by atoms with van der Waals surface area (Å²) in [6.45, 7) is 1.19. The van der Waals surface area contributed by atoms with E-state index in [-0.39, 0.29) is 43.3 Å². The second-order valence-electron chi connectivity index (χ2n) is 9.72. The molecule has 11 heteroatoms. The number of fused-ring (bicyclic) bond motifs is 5. The van der Waals surface area contributed by atoms with Crippen LogP contribution in [0.3, 0.4) is 0 Å². The van der Waals surface area contributed by atoms with E-state index in [0.717, 1.165) is 21.7 Å². The van der Waals surface area contributed by atoms with Crippen molar-refractivity contribution in [2.75, 3.05) is 40.0 Å². The van der Waals surface area contributed by atoms with Crippen molar-refractivity contribution in [3.05, 3.63) is 53.6 Å². The summed E-state index contributed by atoms with van der Waals surface area (Å²) in [5, 5.41) is 3.08. The van der Waals surface area contributed by atoms with Crippen LogP contribution in [0.2, 0.25) is 0 Å². The molecule has 4 rings (SSSR count). The van der Waals surface area contributed by atoms with Gasteiger partial charge >= 0.3 is 0 Å². The van der Waals surface area contributed by atoms with Crippen molar-refractivity contribution in [1.29, 1.82) is 0 Å². The zero-order valence-corrected chi connectivity index (χ0v) is 22.8. The predicted octanol–water partition coefficient (Wildman–Crippen LogP) is 2.32. The van der Waals surface area contributed by atoms with Crippen LogP contribution >= 0.6 is 0 Å². The molecule has 1 fully saturated rings. The molecule has 38 heavy (non-hydrogen) atoms. The van der Waals surface area contributed by atoms with Crippen LogP contribution < -0.4 is 14.8 Å². The molecule has 0 saturated carbocycles. The van der Waals surface area contributed by atoms with E-state index in [2.05, 4.69) is 5.32 Å². The highest BCUT2D eigenvalue weighted by atomic mass is 32.2. The zero-order valence-electron chi connectivity index (χ0n) is 22.0. The van der Waals surface area contributed by atoms with Crippen LogP contribution in [0, 0.1) is 0 Å². The van der Waals surface area contributed by atoms with Crippen LogP contribution in [-0.2, 0) is 37.4 Å². The summed E-state index contributed by atoms with van der Waals surface area (Å²) in [6.07, 6.45) is 2.22. The molecule has 2 aromatic carbocycles. The standard InChI is InChI=1S/C27H35N3O7S/c1-29(38(3,33)34)13-12-27(32)30-14-11-23-22(17-30)28-26(31)10-8-19-7-9-24(35-2)25(16-19)37-21-6-4-5-20(15-21)18-36-23/h4-7,9,15-16,22-23H,8,10-14,17-18H2,1-3H3,(H,28,31)/t22-,23+/m0/s1. The van der Waals surface area contributed by atoms with E-state index in [0.29, 0.717) is 49.8 Å². The summed E-state index contributed by atoms with van der Waals surface area (Å²) >= 11 is 0. The number of nitrogens with one attached hydrogen (secondary N) is 1. The van der Waals surface area contributed by atoms with Crippen LogP contribution in [-0.4, -0.2) is 81.6 Å². The van der Waals surface area contributed by atoms with E-state index >= 15 is 0 Å². The Labute approximate surface area is 223 Å². The lowest BCUT2D eigenvalue weighted by Gasteiger charge is -2.39. The van der Waals surface area contributed by atoms with Gasteiger partial charge in [-0.2, -0.15) is 0 Å². The number of carbonyl (C=O) groups is 2. The van der Waals surface area contributed by atoms with Gasteiger partial charge in [0.1, 0.15) is 5.75 Å². The Balaban J connectivity index is 1.51. The first-order valence-electron chi connectivity index (χ1n) is 12.7. The summed E-state index contributed by atoms with van der Waals surface area (Å²) in [5.74, 6) is 1.54. The number of nitrogens with zero attached hydrogens (tertiary/aromatic N) is 2. The molecule has 1 N–H and O–H groups in total. The number of amides is 2. The van der Waals surface area contributed by atoms with E-state index in [1.807, 2.05) is 42.5 Å². The number of piperidine rings is 1. The minimum Gasteiger partial charge on any atom is -0.493 e. The average molecular weight is 546 g/mol. The highest BCUT2D eigenvalue weighted by molar-refractivity contribution is 7.88. The van der Waals surface area contributed by atoms with Gasteiger partial charge in [-0.1, -0.05) is 18.2 Å². The number of sulfonamides is 1. The molecular weight excluding hydrogens is 510 g/mol. The maximum Gasteiger partial charge on any atom is 0.223 e. The van der Waals surface area contributed by atoms with Gasteiger partial charge in [0, 0.05) is 39.5 Å². The Morgan fingerprint density at radius 3 is 2.76 bits per heavy atom. The van der Waals surface area contributed by atoms with E-state index in [1.54, 1.807) is 12.0 Å². The Morgan fingerprint density at radius 2 is 2.00 bits per heavy atom. The number of methoxy groups -OCH3 is 1. The van der Waals surface area contributed by atoms with Crippen LogP contribution in [0.1, 0.15) is 30.4 Å². The fourth-order valence-electron chi connectivity index (χ4n) is 4.59. The zero-order chi connectivity index (χ0) is 27.3. The Hall–Kier alpha value is -3.15. The third-order valence-corrected chi connectivity index (χ3v) is 8.23. The molecular formula is C27H35N3O7S. The number of rotatable bonds is 5. The van der Waals surface area contributed by atoms with Gasteiger partial charge in [0.15, 0.2) is 11.5 Å². The van der Waals surface area contributed by atoms with Gasteiger partial charge in [-0.15, -0.1) is 0 Å². The number of carbonyl (C=O) groups excluding carboxylic acids is 2. The van der Waals surface area contributed by atoms with Crippen molar-refractivity contribution in [3.63, 3.8) is 0 Å². The fourth-order valence-corrected chi connectivity index (χ4v) is 5.02. The summed E-state index contributed by atoms with van der Waals surface area (Å²) < 4.78 is 42.3. The minimum atomic E-state index is -3.36. The van der Waals surface area contributed by atoms with Gasteiger partial charge in [0.2, 0.25) is 21.8 Å². The number of likely N-dealkylation sites (tertiary alicyclic amines) is 1. The Morgan fingerprint density at radius 1 is 1.18 bits per heavy atom. The molecule has 0 aromatic heterocycles. The molecule has 0 radical (unpaired) electrons. The van der Waals surface area contributed by atoms with Gasteiger partial charge < -0.3 is 24.4 Å². The third-order valence-electron chi connectivity index (χ3n) is 6.91. The minimum absolute atomic E-state index is 0.0718. The van der Waals surface area contributed by atoms with Crippen molar-refractivity contribution < 1.29 is 32.2 Å². The molecule has 2 aromatic rings. The maximum atomic E-state index is 12.9. The maximum absolute atomic E-state index is 12.9. The monoisotopic (exact) mass is 545 g/mol. The van der Waals surface area contributed by atoms with Gasteiger partial charge in [-0.25, -0.2) is 12.7 Å². The molecule has 2 heterocycles. The van der Waals surface area contributed by atoms with Crippen LogP contribution in [0.25, 0.3) is 0 Å². The normalized spacial score (nSPS) is 20.4. The highest BCUT2D eigenvalue weighted by Gasteiger charge is 2.33. The molecule has 1 saturated heterocycles. The SMILES string of the molecule is COc1ccc2cc1Oc1cccc(c1)CO[C@@H]1CCN(C(=O)CCN(C)S(C)(=O)=O)C[C@@H]1NC(=O)CC2. The average Bonchev–Trinajstić information content (AvgIpc) is 2.89. The molecule has 2 amide bonds. The van der Waals surface area contributed by atoms with Gasteiger partial charge in [-0.05, 0) is 48.2 Å². The first-order valence-corrected chi connectivity index (χ1v) is 14.5. The molecule has 206 valence electrons. The molecule has 2 aliphatic rings. The topological polar surface area (TPSA) is 114 Å². The second-order valence-corrected chi connectivity index (χ2v) is 11.8. The molecule has 2 aliphatic heterocycles. The van der Waals surface area contributed by atoms with Crippen LogP contribution in [0.15, 0.2) is 42.5 Å². The quantitative estimate of drug-likeness (QED) is 0.613. The van der Waals surface area contributed by atoms with Crippen molar-refractivity contribution in [2.45, 2.75) is 44.4 Å². The summed E-state index contributed by atoms with van der Waals surface area (Å²) in [5.41, 5.74) is 1.85. The van der Waals surface area contributed by atoms with E-state index in [9.17, 15) is 18.0 Å². The number of hydrogen-bond acceptors (Lipinski definition) is 7. The van der Waals surface area contributed by atoms with Crippen LogP contribution in [0.4, 0.5) is 0 Å². The fraction of sp³-hybridized carbons (Fsp3) is 0.481. The molecule has 0 aliphatic carbocycles. The van der Waals surface area contributed by atoms with E-state index < -0.39 is 10.0 Å². The molecule has 4 bridgehead atoms. The van der Waals surface area contributed by atoms with E-state index in [1.165, 1.54) is 7.05 Å². The highest BCUT2D eigenvalue weighted by Crippen LogP contribution is 2.33. The molecule has 0 spiro atoms. The molecule has 0 unspecified atom stereocenters. The van der Waals surface area contributed by atoms with Crippen LogP contribution in [0.5, 0.6) is 17.2 Å². The Kier molecular flexibility index (Phi) is 8.91. The van der Waals surface area contributed by atoms with Crippen molar-refractivity contribution in [3.8, 4) is 17.2 Å². The van der Waals surface area contributed by atoms with Gasteiger partial charge in [0.25, 0.3) is 0 Å². The Bertz CT molecular complexity index is 1270. The number of hydrogen-bond donors (Lipinski definition) is 1. The smallest absolute Gasteiger partial charge is 0.223 e. The first-order chi connectivity index (χ1) is 18.1. The van der Waals surface area contributed by atoms with Crippen molar-refractivity contribution in [1.82, 2.24) is 14.5 Å². The molecule has 2 atom stereocenters. The number of ether oxygens (including phenoxy) is 3. The largest absolute Gasteiger partial charge is 0.493 e.